The predicted octanol–water partition coefficient (Wildman–Crippen LogP) is 2.56. The van der Waals surface area contributed by atoms with Gasteiger partial charge >= 0.3 is 0 Å². The van der Waals surface area contributed by atoms with E-state index in [0.29, 0.717) is 29.4 Å². The Morgan fingerprint density at radius 1 is 1.53 bits per heavy atom. The van der Waals surface area contributed by atoms with Crippen molar-refractivity contribution in [2.75, 3.05) is 25.4 Å². The molecule has 1 atom stereocenters. The first-order chi connectivity index (χ1) is 9.10. The zero-order valence-electron chi connectivity index (χ0n) is 11.1. The van der Waals surface area contributed by atoms with Crippen molar-refractivity contribution >= 4 is 23.2 Å². The van der Waals surface area contributed by atoms with Crippen molar-refractivity contribution in [2.45, 2.75) is 25.9 Å². The molecule has 1 fully saturated rings. The summed E-state index contributed by atoms with van der Waals surface area (Å²) in [7, 11) is 0. The van der Waals surface area contributed by atoms with Gasteiger partial charge in [0.05, 0.1) is 6.10 Å². The average Bonchev–Trinajstić information content (AvgIpc) is 2.86. The third-order valence-corrected chi connectivity index (χ3v) is 3.50. The molecule has 0 saturated carbocycles. The molecule has 1 aliphatic rings. The van der Waals surface area contributed by atoms with Crippen LogP contribution in [-0.2, 0) is 4.74 Å². The third-order valence-electron chi connectivity index (χ3n) is 3.28. The molecular formula is C14H19ClN2O2. The third kappa shape index (κ3) is 3.61. The van der Waals surface area contributed by atoms with Crippen LogP contribution in [0, 0.1) is 0 Å². The number of benzene rings is 1. The van der Waals surface area contributed by atoms with E-state index in [1.807, 2.05) is 6.92 Å². The first-order valence-electron chi connectivity index (χ1n) is 6.57. The molecule has 2 rings (SSSR count). The van der Waals surface area contributed by atoms with Crippen LogP contribution in [0.4, 0.5) is 5.69 Å². The van der Waals surface area contributed by atoms with E-state index < -0.39 is 0 Å². The molecule has 2 N–H and O–H groups in total. The minimum atomic E-state index is -0.0489. The van der Waals surface area contributed by atoms with Crippen molar-refractivity contribution in [1.82, 2.24) is 4.90 Å². The van der Waals surface area contributed by atoms with E-state index in [1.54, 1.807) is 23.1 Å². The summed E-state index contributed by atoms with van der Waals surface area (Å²) in [5.41, 5.74) is 6.76. The number of nitrogens with zero attached hydrogens (tertiary/aromatic N) is 1. The lowest BCUT2D eigenvalue weighted by Crippen LogP contribution is -2.37. The molecule has 19 heavy (non-hydrogen) atoms. The van der Waals surface area contributed by atoms with Gasteiger partial charge in [0.2, 0.25) is 0 Å². The van der Waals surface area contributed by atoms with Crippen LogP contribution in [0.3, 0.4) is 0 Å². The number of carbonyl (C=O) groups excluding carboxylic acids is 1. The fourth-order valence-corrected chi connectivity index (χ4v) is 2.55. The monoisotopic (exact) mass is 282 g/mol. The summed E-state index contributed by atoms with van der Waals surface area (Å²) in [5, 5.41) is 0.483. The Morgan fingerprint density at radius 2 is 2.32 bits per heavy atom. The summed E-state index contributed by atoms with van der Waals surface area (Å²) in [6.45, 7) is 4.02. The molecule has 104 valence electrons. The normalized spacial score (nSPS) is 18.5. The molecule has 4 nitrogen and oxygen atoms in total. The summed E-state index contributed by atoms with van der Waals surface area (Å²) in [6.07, 6.45) is 2.24. The maximum Gasteiger partial charge on any atom is 0.254 e. The smallest absolute Gasteiger partial charge is 0.254 e. The topological polar surface area (TPSA) is 55.6 Å². The summed E-state index contributed by atoms with van der Waals surface area (Å²) in [5.74, 6) is -0.0489. The van der Waals surface area contributed by atoms with Gasteiger partial charge in [-0.1, -0.05) is 11.6 Å². The first-order valence-corrected chi connectivity index (χ1v) is 6.95. The zero-order chi connectivity index (χ0) is 13.8. The van der Waals surface area contributed by atoms with Gasteiger partial charge < -0.3 is 15.4 Å². The molecular weight excluding hydrogens is 264 g/mol. The van der Waals surface area contributed by atoms with Crippen LogP contribution < -0.4 is 5.73 Å². The van der Waals surface area contributed by atoms with Gasteiger partial charge in [0.15, 0.2) is 0 Å². The van der Waals surface area contributed by atoms with Crippen LogP contribution in [0.2, 0.25) is 5.02 Å². The van der Waals surface area contributed by atoms with Gasteiger partial charge in [0.1, 0.15) is 0 Å². The van der Waals surface area contributed by atoms with E-state index in [4.69, 9.17) is 22.1 Å². The van der Waals surface area contributed by atoms with Crippen molar-refractivity contribution in [1.29, 1.82) is 0 Å². The Labute approximate surface area is 118 Å². The highest BCUT2D eigenvalue weighted by Crippen LogP contribution is 2.19. The average molecular weight is 283 g/mol. The van der Waals surface area contributed by atoms with Gasteiger partial charge in [-0.05, 0) is 38.0 Å². The standard InChI is InChI=1S/C14H19ClN2O2/c1-2-17(9-13-4-3-5-19-13)14(18)10-6-11(15)8-12(16)7-10/h6-8,13H,2-5,9,16H2,1H3. The molecule has 0 aliphatic carbocycles. The van der Waals surface area contributed by atoms with E-state index >= 15 is 0 Å². The number of anilines is 1. The van der Waals surface area contributed by atoms with Crippen molar-refractivity contribution in [2.24, 2.45) is 0 Å². The van der Waals surface area contributed by atoms with Crippen LogP contribution in [-0.4, -0.2) is 36.6 Å². The first kappa shape index (κ1) is 14.2. The maximum atomic E-state index is 12.4. The van der Waals surface area contributed by atoms with Gasteiger partial charge in [0.25, 0.3) is 5.91 Å². The molecule has 0 bridgehead atoms. The molecule has 1 unspecified atom stereocenters. The van der Waals surface area contributed by atoms with E-state index in [2.05, 4.69) is 0 Å². The summed E-state index contributed by atoms with van der Waals surface area (Å²) in [4.78, 5) is 14.2. The number of hydrogen-bond acceptors (Lipinski definition) is 3. The molecule has 1 aromatic rings. The van der Waals surface area contributed by atoms with Crippen LogP contribution in [0.5, 0.6) is 0 Å². The quantitative estimate of drug-likeness (QED) is 0.864. The maximum absolute atomic E-state index is 12.4. The van der Waals surface area contributed by atoms with E-state index in [9.17, 15) is 4.79 Å². The van der Waals surface area contributed by atoms with Crippen molar-refractivity contribution < 1.29 is 9.53 Å². The van der Waals surface area contributed by atoms with Crippen molar-refractivity contribution in [3.63, 3.8) is 0 Å². The highest BCUT2D eigenvalue weighted by atomic mass is 35.5. The molecule has 1 aromatic carbocycles. The second-order valence-electron chi connectivity index (χ2n) is 4.75. The Kier molecular flexibility index (Phi) is 4.66. The van der Waals surface area contributed by atoms with Crippen molar-refractivity contribution in [3.05, 3.63) is 28.8 Å². The minimum absolute atomic E-state index is 0.0489. The molecule has 0 spiro atoms. The van der Waals surface area contributed by atoms with Crippen LogP contribution in [0.1, 0.15) is 30.1 Å². The van der Waals surface area contributed by atoms with Gasteiger partial charge in [-0.25, -0.2) is 0 Å². The summed E-state index contributed by atoms with van der Waals surface area (Å²) in [6, 6.07) is 4.94. The van der Waals surface area contributed by atoms with Crippen LogP contribution in [0.15, 0.2) is 18.2 Å². The zero-order valence-corrected chi connectivity index (χ0v) is 11.8. The number of halogens is 1. The molecule has 5 heteroatoms. The number of likely N-dealkylation sites (N-methyl/N-ethyl adjacent to an activating group) is 1. The highest BCUT2D eigenvalue weighted by Gasteiger charge is 2.22. The minimum Gasteiger partial charge on any atom is -0.399 e. The number of amides is 1. The van der Waals surface area contributed by atoms with E-state index in [1.165, 1.54) is 0 Å². The Morgan fingerprint density at radius 3 is 2.89 bits per heavy atom. The summed E-state index contributed by atoms with van der Waals surface area (Å²) >= 11 is 5.94. The van der Waals surface area contributed by atoms with Crippen LogP contribution >= 0.6 is 11.6 Å². The molecule has 1 saturated heterocycles. The molecule has 1 heterocycles. The molecule has 0 aromatic heterocycles. The van der Waals surface area contributed by atoms with Gasteiger partial charge in [0, 0.05) is 36.0 Å². The Bertz CT molecular complexity index is 439. The number of nitrogen functional groups attached to an aromatic ring is 1. The van der Waals surface area contributed by atoms with Gasteiger partial charge in [-0.3, -0.25) is 4.79 Å². The van der Waals surface area contributed by atoms with E-state index in [-0.39, 0.29) is 12.0 Å². The fourth-order valence-electron chi connectivity index (χ4n) is 2.31. The fraction of sp³-hybridized carbons (Fsp3) is 0.500. The number of hydrogen-bond donors (Lipinski definition) is 1. The largest absolute Gasteiger partial charge is 0.399 e. The van der Waals surface area contributed by atoms with E-state index in [0.717, 1.165) is 19.4 Å². The summed E-state index contributed by atoms with van der Waals surface area (Å²) < 4.78 is 5.57. The Balaban J connectivity index is 2.10. The molecule has 1 aliphatic heterocycles. The number of rotatable bonds is 4. The predicted molar refractivity (Wildman–Crippen MR) is 76.4 cm³/mol. The Hall–Kier alpha value is -1.26. The van der Waals surface area contributed by atoms with Gasteiger partial charge in [-0.15, -0.1) is 0 Å². The SMILES string of the molecule is CCN(CC1CCCO1)C(=O)c1cc(N)cc(Cl)c1. The van der Waals surface area contributed by atoms with Crippen molar-refractivity contribution in [3.8, 4) is 0 Å². The second kappa shape index (κ2) is 6.26. The number of nitrogens with two attached hydrogens (primary N) is 1. The lowest BCUT2D eigenvalue weighted by Gasteiger charge is -2.24. The lowest BCUT2D eigenvalue weighted by molar-refractivity contribution is 0.0539. The molecule has 1 amide bonds. The molecule has 0 radical (unpaired) electrons. The van der Waals surface area contributed by atoms with Crippen LogP contribution in [0.25, 0.3) is 0 Å². The number of ether oxygens (including phenoxy) is 1. The number of carbonyl (C=O) groups is 1. The van der Waals surface area contributed by atoms with Gasteiger partial charge in [-0.2, -0.15) is 0 Å². The second-order valence-corrected chi connectivity index (χ2v) is 5.19. The lowest BCUT2D eigenvalue weighted by atomic mass is 10.1. The highest BCUT2D eigenvalue weighted by molar-refractivity contribution is 6.31.